The molecule has 0 spiro atoms. The summed E-state index contributed by atoms with van der Waals surface area (Å²) < 4.78 is 3.10. The Hall–Kier alpha value is -2.80. The third-order valence-electron chi connectivity index (χ3n) is 5.77. The highest BCUT2D eigenvalue weighted by Crippen LogP contribution is 2.35. The summed E-state index contributed by atoms with van der Waals surface area (Å²) in [5, 5.41) is 1.49. The summed E-state index contributed by atoms with van der Waals surface area (Å²) in [6.45, 7) is 1.04. The number of hydrogen-bond acceptors (Lipinski definition) is 3. The Morgan fingerprint density at radius 1 is 0.941 bits per heavy atom. The third kappa shape index (κ3) is 4.85. The van der Waals surface area contributed by atoms with Crippen molar-refractivity contribution in [3.63, 3.8) is 0 Å². The highest BCUT2D eigenvalue weighted by Gasteiger charge is 2.34. The number of fused-ring (bicyclic) bond motifs is 1. The molecule has 0 unspecified atom stereocenters. The Labute approximate surface area is 215 Å². The molecule has 0 N–H and O–H groups in total. The molecule has 1 saturated heterocycles. The van der Waals surface area contributed by atoms with Crippen LogP contribution in [0.25, 0.3) is 17.0 Å². The summed E-state index contributed by atoms with van der Waals surface area (Å²) >= 11 is 10.6. The molecule has 2 heterocycles. The summed E-state index contributed by atoms with van der Waals surface area (Å²) in [7, 11) is 0. The lowest BCUT2D eigenvalue weighted by atomic mass is 10.1. The highest BCUT2D eigenvalue weighted by molar-refractivity contribution is 9.10. The number of hydrogen-bond donors (Lipinski definition) is 0. The molecule has 1 aromatic heterocycles. The minimum atomic E-state index is -0.237. The van der Waals surface area contributed by atoms with E-state index in [2.05, 4.69) is 26.6 Å². The van der Waals surface area contributed by atoms with Gasteiger partial charge in [-0.05, 0) is 65.7 Å². The van der Waals surface area contributed by atoms with Crippen LogP contribution in [0.15, 0.2) is 88.4 Å². The van der Waals surface area contributed by atoms with Gasteiger partial charge in [0.1, 0.15) is 0 Å². The Balaban J connectivity index is 1.43. The zero-order chi connectivity index (χ0) is 23.7. The number of amides is 2. The Morgan fingerprint density at radius 2 is 1.71 bits per heavy atom. The van der Waals surface area contributed by atoms with Gasteiger partial charge in [-0.2, -0.15) is 0 Å². The molecule has 4 nitrogen and oxygen atoms in total. The number of carbonyl (C=O) groups is 2. The summed E-state index contributed by atoms with van der Waals surface area (Å²) in [4.78, 5) is 27.5. The minimum Gasteiger partial charge on any atom is -0.342 e. The molecular formula is C27H20BrClN2O2S. The van der Waals surface area contributed by atoms with Crippen molar-refractivity contribution in [1.82, 2.24) is 9.47 Å². The van der Waals surface area contributed by atoms with Crippen LogP contribution >= 0.6 is 39.3 Å². The summed E-state index contributed by atoms with van der Waals surface area (Å²) in [6.07, 6.45) is 4.50. The van der Waals surface area contributed by atoms with Gasteiger partial charge in [0, 0.05) is 45.2 Å². The van der Waals surface area contributed by atoms with Gasteiger partial charge in [-0.3, -0.25) is 14.5 Å². The third-order valence-corrected chi connectivity index (χ3v) is 7.42. The predicted octanol–water partition coefficient (Wildman–Crippen LogP) is 7.38. The van der Waals surface area contributed by atoms with E-state index in [4.69, 9.17) is 11.6 Å². The number of rotatable bonds is 6. The van der Waals surface area contributed by atoms with E-state index >= 15 is 0 Å². The van der Waals surface area contributed by atoms with Crippen LogP contribution in [0.2, 0.25) is 5.02 Å². The van der Waals surface area contributed by atoms with Crippen LogP contribution in [-0.2, 0) is 17.8 Å². The van der Waals surface area contributed by atoms with E-state index in [0.717, 1.165) is 43.8 Å². The van der Waals surface area contributed by atoms with Gasteiger partial charge in [-0.25, -0.2) is 0 Å². The van der Waals surface area contributed by atoms with Crippen LogP contribution in [0.3, 0.4) is 0 Å². The van der Waals surface area contributed by atoms with Crippen molar-refractivity contribution in [2.24, 2.45) is 0 Å². The lowest BCUT2D eigenvalue weighted by Crippen LogP contribution is -2.30. The van der Waals surface area contributed by atoms with Crippen LogP contribution in [0.5, 0.6) is 0 Å². The van der Waals surface area contributed by atoms with Crippen molar-refractivity contribution in [3.8, 4) is 0 Å². The smallest absolute Gasteiger partial charge is 0.293 e. The number of nitrogens with zero attached hydrogens (tertiary/aromatic N) is 2. The molecule has 170 valence electrons. The molecule has 1 aliphatic rings. The molecule has 0 atom stereocenters. The number of thioether (sulfide) groups is 1. The van der Waals surface area contributed by atoms with Crippen LogP contribution < -0.4 is 0 Å². The van der Waals surface area contributed by atoms with Crippen LogP contribution in [0.4, 0.5) is 4.79 Å². The second-order valence-corrected chi connectivity index (χ2v) is 10.4. The first-order chi connectivity index (χ1) is 16.5. The molecule has 34 heavy (non-hydrogen) atoms. The van der Waals surface area contributed by atoms with Gasteiger partial charge < -0.3 is 4.57 Å². The Kier molecular flexibility index (Phi) is 6.63. The molecule has 1 fully saturated rings. The molecule has 4 aromatic rings. The van der Waals surface area contributed by atoms with Crippen LogP contribution in [-0.4, -0.2) is 27.2 Å². The normalized spacial score (nSPS) is 15.1. The van der Waals surface area contributed by atoms with Gasteiger partial charge in [0.2, 0.25) is 0 Å². The largest absolute Gasteiger partial charge is 0.342 e. The van der Waals surface area contributed by atoms with Crippen molar-refractivity contribution in [2.75, 3.05) is 6.54 Å². The molecule has 0 aliphatic carbocycles. The second-order valence-electron chi connectivity index (χ2n) is 8.07. The fraction of sp³-hybridized carbons (Fsp3) is 0.111. The number of carbonyl (C=O) groups excluding carboxylic acids is 2. The molecule has 7 heteroatoms. The summed E-state index contributed by atoms with van der Waals surface area (Å²) in [5.41, 5.74) is 4.17. The van der Waals surface area contributed by atoms with E-state index < -0.39 is 0 Å². The zero-order valence-corrected chi connectivity index (χ0v) is 21.2. The predicted molar refractivity (Wildman–Crippen MR) is 143 cm³/mol. The number of imide groups is 1. The SMILES string of the molecule is O=C1S/C(=C\c2cn(Cc3ccc(Cl)cc3)c3ccc(Br)cc23)C(=O)N1CCc1ccccc1. The van der Waals surface area contributed by atoms with Gasteiger partial charge in [-0.1, -0.05) is 70.0 Å². The van der Waals surface area contributed by atoms with Crippen molar-refractivity contribution in [1.29, 1.82) is 0 Å². The standard InChI is InChI=1S/C27H20BrClN2O2S/c28-21-8-11-24-23(15-21)20(17-30(24)16-19-6-9-22(29)10-7-19)14-25-26(32)31(27(33)34-25)13-12-18-4-2-1-3-5-18/h1-11,14-15,17H,12-13,16H2/b25-14-. The molecule has 5 rings (SSSR count). The maximum atomic E-state index is 13.1. The van der Waals surface area contributed by atoms with Gasteiger partial charge >= 0.3 is 0 Å². The zero-order valence-electron chi connectivity index (χ0n) is 18.1. The number of benzene rings is 3. The molecule has 0 radical (unpaired) electrons. The summed E-state index contributed by atoms with van der Waals surface area (Å²) in [6, 6.07) is 23.7. The average Bonchev–Trinajstić information content (AvgIpc) is 3.30. The van der Waals surface area contributed by atoms with E-state index in [-0.39, 0.29) is 11.1 Å². The van der Waals surface area contributed by atoms with Crippen molar-refractivity contribution >= 4 is 67.4 Å². The van der Waals surface area contributed by atoms with E-state index in [1.54, 1.807) is 0 Å². The van der Waals surface area contributed by atoms with Crippen LogP contribution in [0.1, 0.15) is 16.7 Å². The maximum Gasteiger partial charge on any atom is 0.293 e. The quantitative estimate of drug-likeness (QED) is 0.235. The van der Waals surface area contributed by atoms with E-state index in [1.165, 1.54) is 4.90 Å². The second kappa shape index (κ2) is 9.82. The molecule has 0 bridgehead atoms. The number of aromatic nitrogens is 1. The fourth-order valence-corrected chi connectivity index (χ4v) is 5.39. The first-order valence-corrected chi connectivity index (χ1v) is 12.8. The van der Waals surface area contributed by atoms with E-state index in [1.807, 2.05) is 79.0 Å². The lowest BCUT2D eigenvalue weighted by Gasteiger charge is -2.12. The van der Waals surface area contributed by atoms with E-state index in [0.29, 0.717) is 29.4 Å². The molecule has 1 aliphatic heterocycles. The Bertz CT molecular complexity index is 1410. The first kappa shape index (κ1) is 23.0. The van der Waals surface area contributed by atoms with Crippen molar-refractivity contribution in [2.45, 2.75) is 13.0 Å². The first-order valence-electron chi connectivity index (χ1n) is 10.8. The minimum absolute atomic E-state index is 0.224. The lowest BCUT2D eigenvalue weighted by molar-refractivity contribution is -0.122. The molecule has 3 aromatic carbocycles. The molecular weight excluding hydrogens is 532 g/mol. The number of halogens is 2. The van der Waals surface area contributed by atoms with E-state index in [9.17, 15) is 9.59 Å². The van der Waals surface area contributed by atoms with Gasteiger partial charge in [0.15, 0.2) is 0 Å². The fourth-order valence-electron chi connectivity index (χ4n) is 4.05. The van der Waals surface area contributed by atoms with Crippen molar-refractivity contribution in [3.05, 3.63) is 110 Å². The van der Waals surface area contributed by atoms with Gasteiger partial charge in [0.05, 0.1) is 4.91 Å². The topological polar surface area (TPSA) is 42.3 Å². The van der Waals surface area contributed by atoms with Crippen LogP contribution in [0, 0.1) is 0 Å². The molecule has 0 saturated carbocycles. The van der Waals surface area contributed by atoms with Gasteiger partial charge in [-0.15, -0.1) is 0 Å². The monoisotopic (exact) mass is 550 g/mol. The summed E-state index contributed by atoms with van der Waals surface area (Å²) in [5.74, 6) is -0.237. The van der Waals surface area contributed by atoms with Crippen molar-refractivity contribution < 1.29 is 9.59 Å². The molecule has 2 amide bonds. The average molecular weight is 552 g/mol. The maximum absolute atomic E-state index is 13.1. The van der Waals surface area contributed by atoms with Gasteiger partial charge in [0.25, 0.3) is 11.1 Å². The Morgan fingerprint density at radius 3 is 2.47 bits per heavy atom. The highest BCUT2D eigenvalue weighted by atomic mass is 79.9.